The lowest BCUT2D eigenvalue weighted by molar-refractivity contribution is -0.126. The van der Waals surface area contributed by atoms with Crippen LogP contribution in [0.2, 0.25) is 0 Å². The Kier molecular flexibility index (Phi) is 5.87. The molecule has 0 aliphatic rings. The second-order valence-corrected chi connectivity index (χ2v) is 5.77. The number of amides is 1. The number of aromatic nitrogens is 1. The molecule has 2 rings (SSSR count). The highest BCUT2D eigenvalue weighted by molar-refractivity contribution is 9.10. The minimum absolute atomic E-state index is 0.269. The molecule has 6 heteroatoms. The maximum Gasteiger partial charge on any atom is 0.340 e. The summed E-state index contributed by atoms with van der Waals surface area (Å²) >= 11 is 3.25. The molecule has 1 aromatic heterocycles. The Morgan fingerprint density at radius 1 is 1.26 bits per heavy atom. The number of hydrogen-bond donors (Lipinski definition) is 0. The summed E-state index contributed by atoms with van der Waals surface area (Å²) in [6, 6.07) is 10.9. The number of pyridine rings is 1. The van der Waals surface area contributed by atoms with E-state index in [-0.39, 0.29) is 5.91 Å². The van der Waals surface area contributed by atoms with Crippen LogP contribution >= 0.6 is 15.9 Å². The van der Waals surface area contributed by atoms with Gasteiger partial charge in [0.2, 0.25) is 0 Å². The fraction of sp³-hybridized carbons (Fsp3) is 0.235. The first-order chi connectivity index (χ1) is 11.0. The van der Waals surface area contributed by atoms with E-state index in [1.807, 2.05) is 37.3 Å². The van der Waals surface area contributed by atoms with Gasteiger partial charge in [0.05, 0.1) is 5.56 Å². The average Bonchev–Trinajstić information content (AvgIpc) is 2.56. The highest BCUT2D eigenvalue weighted by atomic mass is 79.9. The number of anilines is 1. The summed E-state index contributed by atoms with van der Waals surface area (Å²) in [6.45, 7) is 3.93. The van der Waals surface area contributed by atoms with Gasteiger partial charge in [-0.25, -0.2) is 4.79 Å². The van der Waals surface area contributed by atoms with Gasteiger partial charge in [-0.15, -0.1) is 0 Å². The van der Waals surface area contributed by atoms with Crippen LogP contribution in [0.25, 0.3) is 0 Å². The molecule has 120 valence electrons. The summed E-state index contributed by atoms with van der Waals surface area (Å²) < 4.78 is 5.94. The van der Waals surface area contributed by atoms with E-state index in [1.54, 1.807) is 24.1 Å². The summed E-state index contributed by atoms with van der Waals surface area (Å²) in [7, 11) is 0. The zero-order valence-electron chi connectivity index (χ0n) is 12.9. The van der Waals surface area contributed by atoms with Crippen molar-refractivity contribution >= 4 is 33.5 Å². The first kappa shape index (κ1) is 17.1. The number of hydrogen-bond acceptors (Lipinski definition) is 4. The van der Waals surface area contributed by atoms with E-state index in [2.05, 4.69) is 20.9 Å². The monoisotopic (exact) mass is 376 g/mol. The van der Waals surface area contributed by atoms with Gasteiger partial charge < -0.3 is 9.64 Å². The molecular weight excluding hydrogens is 360 g/mol. The van der Waals surface area contributed by atoms with Crippen LogP contribution in [0.15, 0.2) is 53.3 Å². The van der Waals surface area contributed by atoms with Gasteiger partial charge in [0, 0.05) is 29.1 Å². The van der Waals surface area contributed by atoms with Gasteiger partial charge in [0.1, 0.15) is 0 Å². The van der Waals surface area contributed by atoms with Crippen LogP contribution in [0.4, 0.5) is 5.69 Å². The Labute approximate surface area is 143 Å². The number of halogens is 1. The molecule has 0 saturated carbocycles. The van der Waals surface area contributed by atoms with Crippen molar-refractivity contribution in [3.8, 4) is 0 Å². The summed E-state index contributed by atoms with van der Waals surface area (Å²) in [5.74, 6) is -0.848. The smallest absolute Gasteiger partial charge is 0.340 e. The molecule has 0 aliphatic heterocycles. The van der Waals surface area contributed by atoms with E-state index < -0.39 is 12.1 Å². The molecule has 2 aromatic rings. The molecule has 1 heterocycles. The summed E-state index contributed by atoms with van der Waals surface area (Å²) in [5.41, 5.74) is 1.06. The Morgan fingerprint density at radius 3 is 2.57 bits per heavy atom. The molecule has 0 bridgehead atoms. The van der Waals surface area contributed by atoms with Crippen molar-refractivity contribution in [2.24, 2.45) is 0 Å². The summed E-state index contributed by atoms with van der Waals surface area (Å²) in [5, 5.41) is 0. The fourth-order valence-electron chi connectivity index (χ4n) is 2.10. The molecule has 0 spiro atoms. The number of esters is 1. The third-order valence-electron chi connectivity index (χ3n) is 3.22. The van der Waals surface area contributed by atoms with Crippen molar-refractivity contribution in [3.63, 3.8) is 0 Å². The topological polar surface area (TPSA) is 59.5 Å². The van der Waals surface area contributed by atoms with E-state index >= 15 is 0 Å². The highest BCUT2D eigenvalue weighted by Crippen LogP contribution is 2.16. The number of benzene rings is 1. The molecule has 1 atom stereocenters. The van der Waals surface area contributed by atoms with Gasteiger partial charge in [-0.1, -0.05) is 18.2 Å². The standard InChI is InChI=1S/C17H17BrN2O3/c1-3-20(15-7-5-4-6-8-15)16(21)12(2)23-17(22)13-9-14(18)11-19-10-13/h4-12H,3H2,1-2H3/t12-/m0/s1. The summed E-state index contributed by atoms with van der Waals surface area (Å²) in [6.07, 6.45) is 2.08. The average molecular weight is 377 g/mol. The quantitative estimate of drug-likeness (QED) is 0.749. The molecular formula is C17H17BrN2O3. The number of rotatable bonds is 5. The van der Waals surface area contributed by atoms with Crippen LogP contribution < -0.4 is 4.90 Å². The molecule has 0 saturated heterocycles. The molecule has 0 radical (unpaired) electrons. The van der Waals surface area contributed by atoms with Crippen molar-refractivity contribution in [1.82, 2.24) is 4.98 Å². The van der Waals surface area contributed by atoms with E-state index in [1.165, 1.54) is 6.20 Å². The number of carbonyl (C=O) groups excluding carboxylic acids is 2. The first-order valence-corrected chi connectivity index (χ1v) is 8.00. The third-order valence-corrected chi connectivity index (χ3v) is 3.66. The zero-order chi connectivity index (χ0) is 16.8. The lowest BCUT2D eigenvalue weighted by Gasteiger charge is -2.24. The predicted molar refractivity (Wildman–Crippen MR) is 91.3 cm³/mol. The van der Waals surface area contributed by atoms with E-state index in [0.29, 0.717) is 16.6 Å². The Bertz CT molecular complexity index is 691. The number of nitrogens with zero attached hydrogens (tertiary/aromatic N) is 2. The molecule has 0 unspecified atom stereocenters. The van der Waals surface area contributed by atoms with Crippen molar-refractivity contribution in [1.29, 1.82) is 0 Å². The van der Waals surface area contributed by atoms with Crippen molar-refractivity contribution in [2.45, 2.75) is 20.0 Å². The van der Waals surface area contributed by atoms with Crippen LogP contribution in [0.1, 0.15) is 24.2 Å². The largest absolute Gasteiger partial charge is 0.449 e. The predicted octanol–water partition coefficient (Wildman–Crippen LogP) is 3.44. The summed E-state index contributed by atoms with van der Waals surface area (Å²) in [4.78, 5) is 30.1. The normalized spacial score (nSPS) is 11.6. The molecule has 0 N–H and O–H groups in total. The Morgan fingerprint density at radius 2 is 1.96 bits per heavy atom. The molecule has 23 heavy (non-hydrogen) atoms. The highest BCUT2D eigenvalue weighted by Gasteiger charge is 2.24. The number of carbonyl (C=O) groups is 2. The van der Waals surface area contributed by atoms with Gasteiger partial charge in [0.15, 0.2) is 6.10 Å². The Balaban J connectivity index is 2.08. The number of para-hydroxylation sites is 1. The van der Waals surface area contributed by atoms with E-state index in [0.717, 1.165) is 5.69 Å². The Hall–Kier alpha value is -2.21. The number of ether oxygens (including phenoxy) is 1. The fourth-order valence-corrected chi connectivity index (χ4v) is 2.46. The lowest BCUT2D eigenvalue weighted by atomic mass is 10.2. The second kappa shape index (κ2) is 7.87. The second-order valence-electron chi connectivity index (χ2n) is 4.86. The zero-order valence-corrected chi connectivity index (χ0v) is 14.5. The molecule has 1 aromatic carbocycles. The van der Waals surface area contributed by atoms with Gasteiger partial charge in [0.25, 0.3) is 5.91 Å². The molecule has 1 amide bonds. The van der Waals surface area contributed by atoms with Crippen molar-refractivity contribution < 1.29 is 14.3 Å². The van der Waals surface area contributed by atoms with Gasteiger partial charge >= 0.3 is 5.97 Å². The van der Waals surface area contributed by atoms with Crippen molar-refractivity contribution in [2.75, 3.05) is 11.4 Å². The van der Waals surface area contributed by atoms with Crippen molar-refractivity contribution in [3.05, 3.63) is 58.8 Å². The van der Waals surface area contributed by atoms with Gasteiger partial charge in [-0.05, 0) is 48.0 Å². The minimum Gasteiger partial charge on any atom is -0.449 e. The first-order valence-electron chi connectivity index (χ1n) is 7.21. The molecule has 0 aliphatic carbocycles. The van der Waals surface area contributed by atoms with Gasteiger partial charge in [-0.2, -0.15) is 0 Å². The van der Waals surface area contributed by atoms with Crippen LogP contribution in [0.3, 0.4) is 0 Å². The molecule has 0 fully saturated rings. The maximum absolute atomic E-state index is 12.5. The van der Waals surface area contributed by atoms with Crippen LogP contribution in [0, 0.1) is 0 Å². The van der Waals surface area contributed by atoms with Crippen LogP contribution in [-0.4, -0.2) is 29.5 Å². The maximum atomic E-state index is 12.5. The molecule has 5 nitrogen and oxygen atoms in total. The van der Waals surface area contributed by atoms with E-state index in [9.17, 15) is 9.59 Å². The minimum atomic E-state index is -0.887. The SMILES string of the molecule is CCN(C(=O)[C@H](C)OC(=O)c1cncc(Br)c1)c1ccccc1. The third kappa shape index (κ3) is 4.39. The number of likely N-dealkylation sites (N-methyl/N-ethyl adjacent to an activating group) is 1. The van der Waals surface area contributed by atoms with Gasteiger partial charge in [-0.3, -0.25) is 9.78 Å². The van der Waals surface area contributed by atoms with E-state index in [4.69, 9.17) is 4.74 Å². The van der Waals surface area contributed by atoms with Crippen LogP contribution in [0.5, 0.6) is 0 Å². The van der Waals surface area contributed by atoms with Crippen LogP contribution in [-0.2, 0) is 9.53 Å². The lowest BCUT2D eigenvalue weighted by Crippen LogP contribution is -2.40.